The van der Waals surface area contributed by atoms with Gasteiger partial charge in [-0.15, -0.1) is 10.2 Å². The van der Waals surface area contributed by atoms with Gasteiger partial charge in [-0.25, -0.2) is 4.68 Å². The molecule has 0 radical (unpaired) electrons. The summed E-state index contributed by atoms with van der Waals surface area (Å²) >= 11 is 0. The van der Waals surface area contributed by atoms with Gasteiger partial charge in [-0.2, -0.15) is 18.3 Å². The summed E-state index contributed by atoms with van der Waals surface area (Å²) in [6.07, 6.45) is -1.68. The van der Waals surface area contributed by atoms with Crippen molar-refractivity contribution < 1.29 is 27.8 Å². The van der Waals surface area contributed by atoms with Gasteiger partial charge in [0.2, 0.25) is 0 Å². The molecule has 0 aliphatic rings. The number of carboxylic acids is 1. The second-order valence-corrected chi connectivity index (χ2v) is 9.06. The molecule has 0 fully saturated rings. The molecule has 2 heterocycles. The number of benzene rings is 1. The molecular weight excluding hydrogens is 449 g/mol. The molecule has 0 unspecified atom stereocenters. The normalized spacial score (nSPS) is 12.1. The van der Waals surface area contributed by atoms with Crippen molar-refractivity contribution in [1.82, 2.24) is 20.0 Å². The van der Waals surface area contributed by atoms with Crippen molar-refractivity contribution in [2.45, 2.75) is 58.5 Å². The maximum absolute atomic E-state index is 12.8. The fourth-order valence-corrected chi connectivity index (χ4v) is 3.60. The van der Waals surface area contributed by atoms with Crippen LogP contribution in [0.2, 0.25) is 0 Å². The quantitative estimate of drug-likeness (QED) is 0.464. The van der Waals surface area contributed by atoms with Crippen molar-refractivity contribution >= 4 is 5.97 Å². The average molecular weight is 476 g/mol. The van der Waals surface area contributed by atoms with Crippen LogP contribution in [0.1, 0.15) is 55.3 Å². The van der Waals surface area contributed by atoms with Gasteiger partial charge in [0.15, 0.2) is 11.5 Å². The Bertz CT molecular complexity index is 1150. The highest BCUT2D eigenvalue weighted by molar-refractivity contribution is 5.71. The highest BCUT2D eigenvalue weighted by Crippen LogP contribution is 2.29. The van der Waals surface area contributed by atoms with E-state index in [0.717, 1.165) is 22.9 Å². The second kappa shape index (κ2) is 9.82. The van der Waals surface area contributed by atoms with Crippen LogP contribution >= 0.6 is 0 Å². The Balaban J connectivity index is 1.74. The fourth-order valence-electron chi connectivity index (χ4n) is 3.60. The van der Waals surface area contributed by atoms with Crippen LogP contribution in [0.5, 0.6) is 5.75 Å². The van der Waals surface area contributed by atoms with E-state index in [0.29, 0.717) is 30.8 Å². The highest BCUT2D eigenvalue weighted by atomic mass is 19.4. The molecule has 10 heteroatoms. The maximum Gasteiger partial charge on any atom is 0.435 e. The van der Waals surface area contributed by atoms with Gasteiger partial charge in [-0.3, -0.25) is 4.79 Å². The third-order valence-electron chi connectivity index (χ3n) is 5.15. The molecule has 3 aromatic rings. The Kier molecular flexibility index (Phi) is 7.28. The van der Waals surface area contributed by atoms with E-state index in [1.165, 1.54) is 10.7 Å². The van der Waals surface area contributed by atoms with Crippen molar-refractivity contribution in [2.24, 2.45) is 0 Å². The lowest BCUT2D eigenvalue weighted by atomic mass is 9.88. The van der Waals surface area contributed by atoms with E-state index in [-0.39, 0.29) is 17.7 Å². The lowest BCUT2D eigenvalue weighted by molar-refractivity contribution is -0.141. The minimum atomic E-state index is -4.56. The van der Waals surface area contributed by atoms with Gasteiger partial charge in [-0.1, -0.05) is 39.0 Å². The van der Waals surface area contributed by atoms with Crippen LogP contribution in [0, 0.1) is 6.92 Å². The fraction of sp³-hybridized carbons (Fsp3) is 0.417. The highest BCUT2D eigenvalue weighted by Gasteiger charge is 2.33. The van der Waals surface area contributed by atoms with Gasteiger partial charge in [0.25, 0.3) is 0 Å². The SMILES string of the molecule is Cc1cccc(CC(=O)O)c1OCCCc1cn(-c2ccc(C(F)(F)F)nn2)nc1C(C)(C)C. The standard InChI is InChI=1S/C24H27F3N4O3/c1-15-7-5-8-16(13-20(32)33)21(15)34-12-6-9-17-14-31(30-22(17)23(2,3)4)19-11-10-18(28-29-19)24(25,26)27/h5,7-8,10-11,14H,6,9,12-13H2,1-4H3,(H,32,33). The lowest BCUT2D eigenvalue weighted by Crippen LogP contribution is -2.15. The molecule has 0 bridgehead atoms. The molecule has 0 saturated carbocycles. The third kappa shape index (κ3) is 6.12. The van der Waals surface area contributed by atoms with Crippen molar-refractivity contribution in [3.8, 4) is 11.6 Å². The van der Waals surface area contributed by atoms with Gasteiger partial charge in [0.1, 0.15) is 5.75 Å². The van der Waals surface area contributed by atoms with E-state index < -0.39 is 17.8 Å². The number of aromatic nitrogens is 4. The molecule has 0 aliphatic heterocycles. The van der Waals surface area contributed by atoms with Gasteiger partial charge in [-0.05, 0) is 43.0 Å². The van der Waals surface area contributed by atoms with Crippen molar-refractivity contribution in [2.75, 3.05) is 6.61 Å². The number of hydrogen-bond acceptors (Lipinski definition) is 5. The van der Waals surface area contributed by atoms with Crippen LogP contribution < -0.4 is 4.74 Å². The molecule has 2 aromatic heterocycles. The van der Waals surface area contributed by atoms with Crippen LogP contribution in [-0.2, 0) is 29.2 Å². The number of rotatable bonds is 8. The number of hydrogen-bond donors (Lipinski definition) is 1. The molecule has 1 N–H and O–H groups in total. The molecule has 0 amide bonds. The molecule has 0 saturated heterocycles. The van der Waals surface area contributed by atoms with E-state index in [4.69, 9.17) is 9.84 Å². The maximum atomic E-state index is 12.8. The lowest BCUT2D eigenvalue weighted by Gasteiger charge is -2.18. The molecule has 34 heavy (non-hydrogen) atoms. The molecule has 0 aliphatic carbocycles. The zero-order valence-corrected chi connectivity index (χ0v) is 19.5. The topological polar surface area (TPSA) is 90.1 Å². The van der Waals surface area contributed by atoms with Crippen molar-refractivity contribution in [3.05, 3.63) is 64.6 Å². The molecule has 0 atom stereocenters. The summed E-state index contributed by atoms with van der Waals surface area (Å²) in [5, 5.41) is 20.7. The minimum Gasteiger partial charge on any atom is -0.493 e. The summed E-state index contributed by atoms with van der Waals surface area (Å²) in [6.45, 7) is 8.25. The van der Waals surface area contributed by atoms with Gasteiger partial charge >= 0.3 is 12.1 Å². The largest absolute Gasteiger partial charge is 0.493 e. The summed E-state index contributed by atoms with van der Waals surface area (Å²) in [6, 6.07) is 7.53. The number of ether oxygens (including phenoxy) is 1. The summed E-state index contributed by atoms with van der Waals surface area (Å²) in [5.74, 6) is -0.153. The van der Waals surface area contributed by atoms with E-state index in [1.54, 1.807) is 18.3 Å². The zero-order valence-electron chi connectivity index (χ0n) is 19.5. The Morgan fingerprint density at radius 3 is 2.41 bits per heavy atom. The van der Waals surface area contributed by atoms with Crippen molar-refractivity contribution in [1.29, 1.82) is 0 Å². The first-order chi connectivity index (χ1) is 15.9. The number of nitrogens with zero attached hydrogens (tertiary/aromatic N) is 4. The Morgan fingerprint density at radius 1 is 1.09 bits per heavy atom. The van der Waals surface area contributed by atoms with Crippen molar-refractivity contribution in [3.63, 3.8) is 0 Å². The van der Waals surface area contributed by atoms with Gasteiger partial charge < -0.3 is 9.84 Å². The third-order valence-corrected chi connectivity index (χ3v) is 5.15. The van der Waals surface area contributed by atoms with Gasteiger partial charge in [0.05, 0.1) is 18.7 Å². The van der Waals surface area contributed by atoms with E-state index in [9.17, 15) is 18.0 Å². The predicted molar refractivity (Wildman–Crippen MR) is 119 cm³/mol. The molecule has 1 aromatic carbocycles. The van der Waals surface area contributed by atoms with Gasteiger partial charge in [0, 0.05) is 17.2 Å². The first-order valence-electron chi connectivity index (χ1n) is 10.8. The summed E-state index contributed by atoms with van der Waals surface area (Å²) < 4.78 is 45.7. The van der Waals surface area contributed by atoms with Crippen LogP contribution in [0.25, 0.3) is 5.82 Å². The van der Waals surface area contributed by atoms with Crippen LogP contribution in [0.15, 0.2) is 36.5 Å². The van der Waals surface area contributed by atoms with E-state index in [2.05, 4.69) is 15.3 Å². The number of carbonyl (C=O) groups is 1. The van der Waals surface area contributed by atoms with Crippen LogP contribution in [0.3, 0.4) is 0 Å². The molecule has 182 valence electrons. The smallest absolute Gasteiger partial charge is 0.435 e. The number of aryl methyl sites for hydroxylation is 2. The first-order valence-corrected chi connectivity index (χ1v) is 10.8. The number of halogens is 3. The molecule has 3 rings (SSSR count). The Morgan fingerprint density at radius 2 is 1.82 bits per heavy atom. The molecule has 7 nitrogen and oxygen atoms in total. The molecular formula is C24H27F3N4O3. The number of carboxylic acid groups (broad SMARTS) is 1. The summed E-state index contributed by atoms with van der Waals surface area (Å²) in [7, 11) is 0. The number of aliphatic carboxylic acids is 1. The average Bonchev–Trinajstić information content (AvgIpc) is 3.17. The Labute approximate surface area is 195 Å². The zero-order chi connectivity index (χ0) is 25.1. The Hall–Kier alpha value is -3.43. The second-order valence-electron chi connectivity index (χ2n) is 9.06. The summed E-state index contributed by atoms with van der Waals surface area (Å²) in [4.78, 5) is 11.1. The number of alkyl halides is 3. The first kappa shape index (κ1) is 25.2. The predicted octanol–water partition coefficient (Wildman–Crippen LogP) is 4.93. The monoisotopic (exact) mass is 476 g/mol. The van der Waals surface area contributed by atoms with E-state index >= 15 is 0 Å². The summed E-state index contributed by atoms with van der Waals surface area (Å²) in [5.41, 5.74) is 1.85. The van der Waals surface area contributed by atoms with Crippen LogP contribution in [-0.4, -0.2) is 37.7 Å². The molecule has 0 spiro atoms. The number of para-hydroxylation sites is 1. The minimum absolute atomic E-state index is 0.119. The van der Waals surface area contributed by atoms with E-state index in [1.807, 2.05) is 33.8 Å². The van der Waals surface area contributed by atoms with Crippen LogP contribution in [0.4, 0.5) is 13.2 Å².